The van der Waals surface area contributed by atoms with Crippen LogP contribution in [0.25, 0.3) is 0 Å². The van der Waals surface area contributed by atoms with Gasteiger partial charge in [-0.05, 0) is 50.8 Å². The number of aromatic nitrogens is 2. The number of benzene rings is 1. The molecule has 2 N–H and O–H groups in total. The van der Waals surface area contributed by atoms with Crippen LogP contribution in [0, 0.1) is 6.92 Å². The van der Waals surface area contributed by atoms with Crippen LogP contribution in [0.3, 0.4) is 0 Å². The van der Waals surface area contributed by atoms with Gasteiger partial charge in [-0.1, -0.05) is 30.5 Å². The standard InChI is InChI=1S/C21H27N5O/c1-15-8-10-17(11-9-15)23-19-12-13-22-21(25-19)26-14-4-7-18(26)20(27)24-16-5-2-3-6-16/h8-13,16,18H,2-7,14H2,1H3,(H,24,27)(H,22,23,25). The van der Waals surface area contributed by atoms with Crippen molar-refractivity contribution in [3.8, 4) is 0 Å². The van der Waals surface area contributed by atoms with Gasteiger partial charge >= 0.3 is 0 Å². The normalized spacial score (nSPS) is 20.0. The minimum Gasteiger partial charge on any atom is -0.352 e. The quantitative estimate of drug-likeness (QED) is 0.848. The molecule has 6 nitrogen and oxygen atoms in total. The second-order valence-corrected chi connectivity index (χ2v) is 7.57. The third-order valence-corrected chi connectivity index (χ3v) is 5.48. The molecule has 4 rings (SSSR count). The predicted molar refractivity (Wildman–Crippen MR) is 107 cm³/mol. The number of carbonyl (C=O) groups excluding carboxylic acids is 1. The summed E-state index contributed by atoms with van der Waals surface area (Å²) >= 11 is 0. The maximum absolute atomic E-state index is 12.8. The van der Waals surface area contributed by atoms with Crippen LogP contribution >= 0.6 is 0 Å². The van der Waals surface area contributed by atoms with E-state index < -0.39 is 0 Å². The largest absolute Gasteiger partial charge is 0.352 e. The molecule has 2 aliphatic rings. The lowest BCUT2D eigenvalue weighted by molar-refractivity contribution is -0.122. The van der Waals surface area contributed by atoms with Gasteiger partial charge in [0.1, 0.15) is 11.9 Å². The van der Waals surface area contributed by atoms with E-state index in [0.717, 1.165) is 43.7 Å². The van der Waals surface area contributed by atoms with Crippen molar-refractivity contribution in [3.05, 3.63) is 42.1 Å². The first-order valence-corrected chi connectivity index (χ1v) is 9.93. The number of nitrogens with zero attached hydrogens (tertiary/aromatic N) is 3. The first-order chi connectivity index (χ1) is 13.2. The molecule has 0 bridgehead atoms. The lowest BCUT2D eigenvalue weighted by Gasteiger charge is -2.25. The molecule has 2 fully saturated rings. The van der Waals surface area contributed by atoms with Crippen molar-refractivity contribution >= 4 is 23.4 Å². The van der Waals surface area contributed by atoms with Crippen molar-refractivity contribution in [2.45, 2.75) is 57.5 Å². The molecule has 0 spiro atoms. The summed E-state index contributed by atoms with van der Waals surface area (Å²) in [7, 11) is 0. The number of amides is 1. The van der Waals surface area contributed by atoms with Crippen molar-refractivity contribution in [1.29, 1.82) is 0 Å². The molecular formula is C21H27N5O. The molecule has 142 valence electrons. The third kappa shape index (κ3) is 4.21. The average molecular weight is 365 g/mol. The van der Waals surface area contributed by atoms with Crippen LogP contribution in [-0.2, 0) is 4.79 Å². The van der Waals surface area contributed by atoms with Gasteiger partial charge in [0, 0.05) is 24.5 Å². The summed E-state index contributed by atoms with van der Waals surface area (Å²) in [5.74, 6) is 1.49. The number of carbonyl (C=O) groups is 1. The molecule has 1 amide bonds. The van der Waals surface area contributed by atoms with Gasteiger partial charge < -0.3 is 15.5 Å². The van der Waals surface area contributed by atoms with Gasteiger partial charge in [0.2, 0.25) is 11.9 Å². The third-order valence-electron chi connectivity index (χ3n) is 5.48. The van der Waals surface area contributed by atoms with Crippen LogP contribution < -0.4 is 15.5 Å². The highest BCUT2D eigenvalue weighted by Gasteiger charge is 2.33. The van der Waals surface area contributed by atoms with Crippen molar-refractivity contribution < 1.29 is 4.79 Å². The van der Waals surface area contributed by atoms with Crippen LogP contribution in [0.4, 0.5) is 17.5 Å². The van der Waals surface area contributed by atoms with Crippen molar-refractivity contribution in [3.63, 3.8) is 0 Å². The van der Waals surface area contributed by atoms with Gasteiger partial charge in [0.25, 0.3) is 0 Å². The summed E-state index contributed by atoms with van der Waals surface area (Å²) in [4.78, 5) is 23.9. The first-order valence-electron chi connectivity index (χ1n) is 9.93. The molecule has 1 unspecified atom stereocenters. The fraction of sp³-hybridized carbons (Fsp3) is 0.476. The van der Waals surface area contributed by atoms with E-state index in [9.17, 15) is 4.79 Å². The number of aryl methyl sites for hydroxylation is 1. The second-order valence-electron chi connectivity index (χ2n) is 7.57. The van der Waals surface area contributed by atoms with Crippen LogP contribution in [0.15, 0.2) is 36.5 Å². The maximum atomic E-state index is 12.8. The SMILES string of the molecule is Cc1ccc(Nc2ccnc(N3CCCC3C(=O)NC3CCCC3)n2)cc1. The smallest absolute Gasteiger partial charge is 0.243 e. The monoisotopic (exact) mass is 365 g/mol. The van der Waals surface area contributed by atoms with Gasteiger partial charge in [0.15, 0.2) is 0 Å². The summed E-state index contributed by atoms with van der Waals surface area (Å²) in [6.45, 7) is 2.88. The molecule has 1 aromatic heterocycles. The highest BCUT2D eigenvalue weighted by atomic mass is 16.2. The van der Waals surface area contributed by atoms with Crippen molar-refractivity contribution in [1.82, 2.24) is 15.3 Å². The zero-order chi connectivity index (χ0) is 18.6. The Morgan fingerprint density at radius 1 is 1.07 bits per heavy atom. The number of nitrogens with one attached hydrogen (secondary N) is 2. The van der Waals surface area contributed by atoms with E-state index in [-0.39, 0.29) is 11.9 Å². The van der Waals surface area contributed by atoms with E-state index in [4.69, 9.17) is 0 Å². The summed E-state index contributed by atoms with van der Waals surface area (Å²) < 4.78 is 0. The molecule has 1 atom stereocenters. The van der Waals surface area contributed by atoms with Crippen LogP contribution in [0.1, 0.15) is 44.1 Å². The van der Waals surface area contributed by atoms with E-state index in [1.165, 1.54) is 18.4 Å². The minimum absolute atomic E-state index is 0.125. The minimum atomic E-state index is -0.166. The molecule has 6 heteroatoms. The average Bonchev–Trinajstić information content (AvgIpc) is 3.35. The first kappa shape index (κ1) is 17.8. The molecule has 2 aromatic rings. The molecular weight excluding hydrogens is 338 g/mol. The fourth-order valence-corrected chi connectivity index (χ4v) is 3.99. The Morgan fingerprint density at radius 3 is 2.63 bits per heavy atom. The van der Waals surface area contributed by atoms with Crippen LogP contribution in [0.5, 0.6) is 0 Å². The topological polar surface area (TPSA) is 70.2 Å². The molecule has 1 saturated carbocycles. The lowest BCUT2D eigenvalue weighted by Crippen LogP contribution is -2.47. The van der Waals surface area contributed by atoms with E-state index in [1.54, 1.807) is 6.20 Å². The summed E-state index contributed by atoms with van der Waals surface area (Å²) in [6.07, 6.45) is 8.24. The van der Waals surface area contributed by atoms with Gasteiger partial charge in [-0.2, -0.15) is 4.98 Å². The highest BCUT2D eigenvalue weighted by molar-refractivity contribution is 5.85. The molecule has 27 heavy (non-hydrogen) atoms. The molecule has 2 heterocycles. The van der Waals surface area contributed by atoms with Gasteiger partial charge in [-0.25, -0.2) is 4.98 Å². The van der Waals surface area contributed by atoms with E-state index >= 15 is 0 Å². The number of hydrogen-bond acceptors (Lipinski definition) is 5. The zero-order valence-corrected chi connectivity index (χ0v) is 15.8. The summed E-state index contributed by atoms with van der Waals surface area (Å²) in [6, 6.07) is 10.2. The molecule has 1 aliphatic heterocycles. The van der Waals surface area contributed by atoms with E-state index in [0.29, 0.717) is 12.0 Å². The second kappa shape index (κ2) is 7.94. The lowest BCUT2D eigenvalue weighted by atomic mass is 10.1. The Hall–Kier alpha value is -2.63. The Balaban J connectivity index is 1.46. The fourth-order valence-electron chi connectivity index (χ4n) is 3.99. The van der Waals surface area contributed by atoms with Gasteiger partial charge in [-0.15, -0.1) is 0 Å². The Bertz CT molecular complexity index is 785. The molecule has 0 radical (unpaired) electrons. The Labute approximate surface area is 160 Å². The molecule has 1 aliphatic carbocycles. The molecule has 1 aromatic carbocycles. The Morgan fingerprint density at radius 2 is 1.85 bits per heavy atom. The predicted octanol–water partition coefficient (Wildman–Crippen LogP) is 3.56. The van der Waals surface area contributed by atoms with Crippen LogP contribution in [0.2, 0.25) is 0 Å². The van der Waals surface area contributed by atoms with E-state index in [2.05, 4.69) is 39.7 Å². The molecule has 1 saturated heterocycles. The summed E-state index contributed by atoms with van der Waals surface area (Å²) in [5.41, 5.74) is 2.21. The Kier molecular flexibility index (Phi) is 5.23. The maximum Gasteiger partial charge on any atom is 0.243 e. The van der Waals surface area contributed by atoms with Crippen molar-refractivity contribution in [2.24, 2.45) is 0 Å². The van der Waals surface area contributed by atoms with E-state index in [1.807, 2.05) is 23.1 Å². The van der Waals surface area contributed by atoms with Gasteiger partial charge in [0.05, 0.1) is 0 Å². The highest BCUT2D eigenvalue weighted by Crippen LogP contribution is 2.25. The zero-order valence-electron chi connectivity index (χ0n) is 15.8. The van der Waals surface area contributed by atoms with Crippen LogP contribution in [-0.4, -0.2) is 34.5 Å². The van der Waals surface area contributed by atoms with Gasteiger partial charge in [-0.3, -0.25) is 4.79 Å². The number of rotatable bonds is 5. The number of hydrogen-bond donors (Lipinski definition) is 2. The number of anilines is 3. The summed E-state index contributed by atoms with van der Waals surface area (Å²) in [5, 5.41) is 6.55. The van der Waals surface area contributed by atoms with Crippen molar-refractivity contribution in [2.75, 3.05) is 16.8 Å².